The molecule has 2 N–H and O–H groups in total. The molecule has 0 saturated heterocycles. The number of halogens is 1. The molecule has 0 aliphatic heterocycles. The maximum absolute atomic E-state index is 10.3. The lowest BCUT2D eigenvalue weighted by Gasteiger charge is -2.37. The van der Waals surface area contributed by atoms with Crippen molar-refractivity contribution >= 4 is 12.4 Å². The number of aliphatic hydroxyl groups excluding tert-OH is 2. The van der Waals surface area contributed by atoms with Gasteiger partial charge in [-0.15, -0.1) is 12.4 Å². The van der Waals surface area contributed by atoms with Crippen LogP contribution in [-0.2, 0) is 6.42 Å². The molecule has 2 unspecified atom stereocenters. The van der Waals surface area contributed by atoms with Crippen molar-refractivity contribution in [2.45, 2.75) is 58.1 Å². The van der Waals surface area contributed by atoms with E-state index in [1.165, 1.54) is 5.56 Å². The third kappa shape index (κ3) is 6.62. The summed E-state index contributed by atoms with van der Waals surface area (Å²) >= 11 is 0. The van der Waals surface area contributed by atoms with Gasteiger partial charge in [0.05, 0.1) is 25.9 Å². The van der Waals surface area contributed by atoms with E-state index in [0.717, 1.165) is 50.1 Å². The SMILES string of the molecule is CCOc1ccc(CCN(CCO)C2CCCCC2O)cc1OCC.Cl. The normalized spacial score (nSPS) is 19.9. The summed E-state index contributed by atoms with van der Waals surface area (Å²) in [5, 5.41) is 19.7. The Morgan fingerprint density at radius 1 is 1.04 bits per heavy atom. The molecule has 26 heavy (non-hydrogen) atoms. The van der Waals surface area contributed by atoms with Crippen LogP contribution in [0.2, 0.25) is 0 Å². The van der Waals surface area contributed by atoms with Crippen LogP contribution < -0.4 is 9.47 Å². The molecule has 2 atom stereocenters. The summed E-state index contributed by atoms with van der Waals surface area (Å²) in [6, 6.07) is 6.25. The molecular formula is C20H34ClNO4. The molecule has 2 rings (SSSR count). The van der Waals surface area contributed by atoms with Crippen LogP contribution in [0.3, 0.4) is 0 Å². The monoisotopic (exact) mass is 387 g/mol. The summed E-state index contributed by atoms with van der Waals surface area (Å²) in [7, 11) is 0. The van der Waals surface area contributed by atoms with Crippen molar-refractivity contribution in [1.29, 1.82) is 0 Å². The molecule has 1 aromatic carbocycles. The summed E-state index contributed by atoms with van der Waals surface area (Å²) in [6.07, 6.45) is 4.70. The Morgan fingerprint density at radius 3 is 2.38 bits per heavy atom. The van der Waals surface area contributed by atoms with E-state index in [1.807, 2.05) is 26.0 Å². The Morgan fingerprint density at radius 2 is 1.73 bits per heavy atom. The molecule has 1 saturated carbocycles. The molecule has 0 amide bonds. The highest BCUT2D eigenvalue weighted by molar-refractivity contribution is 5.85. The van der Waals surface area contributed by atoms with Crippen molar-refractivity contribution in [1.82, 2.24) is 4.90 Å². The minimum atomic E-state index is -0.278. The van der Waals surface area contributed by atoms with Crippen molar-refractivity contribution in [2.75, 3.05) is 32.9 Å². The smallest absolute Gasteiger partial charge is 0.161 e. The summed E-state index contributed by atoms with van der Waals surface area (Å²) < 4.78 is 11.3. The first-order chi connectivity index (χ1) is 12.2. The summed E-state index contributed by atoms with van der Waals surface area (Å²) in [5.41, 5.74) is 1.18. The highest BCUT2D eigenvalue weighted by Gasteiger charge is 2.28. The standard InChI is InChI=1S/C20H33NO4.ClH/c1-3-24-19-10-9-16(15-20(19)25-4-2)11-12-21(13-14-22)17-7-5-6-8-18(17)23;/h9-10,15,17-18,22-23H,3-8,11-14H2,1-2H3;1H. The van der Waals surface area contributed by atoms with Crippen molar-refractivity contribution < 1.29 is 19.7 Å². The summed E-state index contributed by atoms with van der Waals surface area (Å²) in [5.74, 6) is 1.57. The first-order valence-electron chi connectivity index (χ1n) is 9.61. The van der Waals surface area contributed by atoms with Gasteiger partial charge in [0.1, 0.15) is 0 Å². The third-order valence-electron chi connectivity index (χ3n) is 4.85. The Kier molecular flexibility index (Phi) is 11.0. The molecule has 1 aromatic rings. The van der Waals surface area contributed by atoms with Crippen LogP contribution in [0.1, 0.15) is 45.1 Å². The van der Waals surface area contributed by atoms with Crippen molar-refractivity contribution in [3.05, 3.63) is 23.8 Å². The van der Waals surface area contributed by atoms with Gasteiger partial charge in [-0.25, -0.2) is 0 Å². The van der Waals surface area contributed by atoms with E-state index < -0.39 is 0 Å². The number of ether oxygens (including phenoxy) is 2. The largest absolute Gasteiger partial charge is 0.490 e. The lowest BCUT2D eigenvalue weighted by molar-refractivity contribution is 0.0132. The molecule has 5 nitrogen and oxygen atoms in total. The van der Waals surface area contributed by atoms with Gasteiger partial charge >= 0.3 is 0 Å². The third-order valence-corrected chi connectivity index (χ3v) is 4.85. The van der Waals surface area contributed by atoms with E-state index >= 15 is 0 Å². The Balaban J connectivity index is 0.00000338. The zero-order valence-corrected chi connectivity index (χ0v) is 16.8. The number of hydrogen-bond donors (Lipinski definition) is 2. The fourth-order valence-corrected chi connectivity index (χ4v) is 3.61. The van der Waals surface area contributed by atoms with E-state index in [9.17, 15) is 10.2 Å². The van der Waals surface area contributed by atoms with Crippen molar-refractivity contribution in [3.63, 3.8) is 0 Å². The second kappa shape index (κ2) is 12.4. The van der Waals surface area contributed by atoms with Gasteiger partial charge in [-0.1, -0.05) is 18.9 Å². The first-order valence-corrected chi connectivity index (χ1v) is 9.61. The number of aliphatic hydroxyl groups is 2. The van der Waals surface area contributed by atoms with Crippen LogP contribution in [0.5, 0.6) is 11.5 Å². The zero-order valence-electron chi connectivity index (χ0n) is 16.0. The quantitative estimate of drug-likeness (QED) is 0.646. The van der Waals surface area contributed by atoms with Crippen molar-refractivity contribution in [2.24, 2.45) is 0 Å². The second-order valence-corrected chi connectivity index (χ2v) is 6.58. The van der Waals surface area contributed by atoms with Gasteiger partial charge in [0.25, 0.3) is 0 Å². The maximum Gasteiger partial charge on any atom is 0.161 e. The zero-order chi connectivity index (χ0) is 18.1. The molecule has 6 heteroatoms. The number of nitrogens with zero attached hydrogens (tertiary/aromatic N) is 1. The molecule has 0 heterocycles. The first kappa shape index (κ1) is 23.0. The van der Waals surface area contributed by atoms with Gasteiger partial charge in [-0.3, -0.25) is 4.90 Å². The average Bonchev–Trinajstić information content (AvgIpc) is 2.61. The van der Waals surface area contributed by atoms with Gasteiger partial charge < -0.3 is 19.7 Å². The number of rotatable bonds is 10. The predicted molar refractivity (Wildman–Crippen MR) is 107 cm³/mol. The van der Waals surface area contributed by atoms with E-state index in [1.54, 1.807) is 0 Å². The lowest BCUT2D eigenvalue weighted by atomic mass is 9.91. The van der Waals surface area contributed by atoms with Gasteiger partial charge in [0.2, 0.25) is 0 Å². The van der Waals surface area contributed by atoms with Crippen LogP contribution in [-0.4, -0.2) is 60.2 Å². The average molecular weight is 388 g/mol. The van der Waals surface area contributed by atoms with Gasteiger partial charge in [-0.2, -0.15) is 0 Å². The fourth-order valence-electron chi connectivity index (χ4n) is 3.61. The van der Waals surface area contributed by atoms with Gasteiger partial charge in [-0.05, 0) is 50.8 Å². The topological polar surface area (TPSA) is 62.2 Å². The van der Waals surface area contributed by atoms with E-state index in [4.69, 9.17) is 9.47 Å². The van der Waals surface area contributed by atoms with Crippen LogP contribution >= 0.6 is 12.4 Å². The highest BCUT2D eigenvalue weighted by Crippen LogP contribution is 2.29. The minimum absolute atomic E-state index is 0. The Hall–Kier alpha value is -1.01. The number of benzene rings is 1. The van der Waals surface area contributed by atoms with Crippen LogP contribution in [0.4, 0.5) is 0 Å². The van der Waals surface area contributed by atoms with Gasteiger partial charge in [0, 0.05) is 19.1 Å². The molecule has 0 radical (unpaired) electrons. The lowest BCUT2D eigenvalue weighted by Crippen LogP contribution is -2.47. The van der Waals surface area contributed by atoms with Crippen molar-refractivity contribution in [3.8, 4) is 11.5 Å². The molecule has 0 spiro atoms. The summed E-state index contributed by atoms with van der Waals surface area (Å²) in [6.45, 7) is 6.70. The molecular weight excluding hydrogens is 354 g/mol. The van der Waals surface area contributed by atoms with Gasteiger partial charge in [0.15, 0.2) is 11.5 Å². The fraction of sp³-hybridized carbons (Fsp3) is 0.700. The summed E-state index contributed by atoms with van der Waals surface area (Å²) in [4.78, 5) is 2.24. The molecule has 1 fully saturated rings. The Labute approximate surface area is 163 Å². The van der Waals surface area contributed by atoms with E-state index in [2.05, 4.69) is 11.0 Å². The molecule has 150 valence electrons. The Bertz CT molecular complexity index is 515. The van der Waals surface area contributed by atoms with E-state index in [0.29, 0.717) is 19.8 Å². The second-order valence-electron chi connectivity index (χ2n) is 6.58. The molecule has 1 aliphatic carbocycles. The minimum Gasteiger partial charge on any atom is -0.490 e. The van der Waals surface area contributed by atoms with Crippen LogP contribution in [0, 0.1) is 0 Å². The molecule has 0 bridgehead atoms. The molecule has 0 aromatic heterocycles. The van der Waals surface area contributed by atoms with E-state index in [-0.39, 0.29) is 31.2 Å². The highest BCUT2D eigenvalue weighted by atomic mass is 35.5. The van der Waals surface area contributed by atoms with Crippen LogP contribution in [0.25, 0.3) is 0 Å². The molecule has 1 aliphatic rings. The maximum atomic E-state index is 10.3. The predicted octanol–water partition coefficient (Wildman–Crippen LogP) is 3.05. The van der Waals surface area contributed by atoms with Crippen LogP contribution in [0.15, 0.2) is 18.2 Å². The number of hydrogen-bond acceptors (Lipinski definition) is 5.